The van der Waals surface area contributed by atoms with Crippen molar-refractivity contribution >= 4 is 28.8 Å². The van der Waals surface area contributed by atoms with Gasteiger partial charge in [0.05, 0.1) is 12.9 Å². The van der Waals surface area contributed by atoms with Crippen molar-refractivity contribution < 1.29 is 18.4 Å². The fraction of sp³-hybridized carbons (Fsp3) is 0.143. The van der Waals surface area contributed by atoms with Crippen LogP contribution in [0.5, 0.6) is 0 Å². The number of ether oxygens (including phenoxy) is 1. The number of furan rings is 1. The minimum atomic E-state index is -0.483. The van der Waals surface area contributed by atoms with Crippen LogP contribution < -0.4 is 0 Å². The van der Waals surface area contributed by atoms with E-state index in [-0.39, 0.29) is 5.76 Å². The summed E-state index contributed by atoms with van der Waals surface area (Å²) in [6, 6.07) is 10.9. The lowest BCUT2D eigenvalue weighted by atomic mass is 10.3. The molecule has 0 aliphatic rings. The molecular formula is C14H11NO4S. The van der Waals surface area contributed by atoms with Gasteiger partial charge in [0.25, 0.3) is 5.22 Å². The van der Waals surface area contributed by atoms with Gasteiger partial charge in [-0.1, -0.05) is 23.9 Å². The molecule has 0 atom stereocenters. The first-order valence-electron chi connectivity index (χ1n) is 5.91. The second-order valence-electron chi connectivity index (χ2n) is 3.99. The van der Waals surface area contributed by atoms with E-state index in [1.54, 1.807) is 12.1 Å². The Kier molecular flexibility index (Phi) is 3.47. The second kappa shape index (κ2) is 5.42. The van der Waals surface area contributed by atoms with Gasteiger partial charge in [0.2, 0.25) is 5.76 Å². The Morgan fingerprint density at radius 2 is 2.10 bits per heavy atom. The minimum absolute atomic E-state index is 0.195. The highest BCUT2D eigenvalue weighted by molar-refractivity contribution is 7.98. The molecule has 2 heterocycles. The van der Waals surface area contributed by atoms with Crippen LogP contribution in [0.15, 0.2) is 50.5 Å². The number of carbonyl (C=O) groups excluding carboxylic acids is 1. The van der Waals surface area contributed by atoms with Crippen molar-refractivity contribution in [1.82, 2.24) is 4.98 Å². The van der Waals surface area contributed by atoms with E-state index >= 15 is 0 Å². The highest BCUT2D eigenvalue weighted by Gasteiger charge is 2.12. The van der Waals surface area contributed by atoms with Gasteiger partial charge in [-0.05, 0) is 24.3 Å². The van der Waals surface area contributed by atoms with E-state index in [0.29, 0.717) is 16.7 Å². The number of esters is 1. The molecule has 0 radical (unpaired) electrons. The SMILES string of the molecule is COC(=O)c1ccc(CSc2nc3ccccc3o2)o1. The zero-order valence-electron chi connectivity index (χ0n) is 10.7. The smallest absolute Gasteiger partial charge is 0.373 e. The minimum Gasteiger partial charge on any atom is -0.463 e. The van der Waals surface area contributed by atoms with Gasteiger partial charge in [-0.25, -0.2) is 9.78 Å². The van der Waals surface area contributed by atoms with Crippen molar-refractivity contribution in [3.8, 4) is 0 Å². The Morgan fingerprint density at radius 3 is 2.90 bits per heavy atom. The number of benzene rings is 1. The van der Waals surface area contributed by atoms with Gasteiger partial charge in [-0.15, -0.1) is 0 Å². The lowest BCUT2D eigenvalue weighted by molar-refractivity contribution is 0.0563. The summed E-state index contributed by atoms with van der Waals surface area (Å²) in [6.45, 7) is 0. The monoisotopic (exact) mass is 289 g/mol. The summed E-state index contributed by atoms with van der Waals surface area (Å²) in [5.74, 6) is 0.908. The van der Waals surface area contributed by atoms with Crippen LogP contribution in [-0.4, -0.2) is 18.1 Å². The highest BCUT2D eigenvalue weighted by atomic mass is 32.2. The van der Waals surface area contributed by atoms with Crippen LogP contribution >= 0.6 is 11.8 Å². The molecule has 102 valence electrons. The van der Waals surface area contributed by atoms with Crippen molar-refractivity contribution in [3.05, 3.63) is 47.9 Å². The zero-order chi connectivity index (χ0) is 13.9. The molecule has 5 nitrogen and oxygen atoms in total. The van der Waals surface area contributed by atoms with Gasteiger partial charge in [0.15, 0.2) is 5.58 Å². The number of hydrogen-bond acceptors (Lipinski definition) is 6. The molecule has 0 aliphatic carbocycles. The van der Waals surface area contributed by atoms with E-state index in [2.05, 4.69) is 9.72 Å². The first-order valence-corrected chi connectivity index (χ1v) is 6.90. The predicted molar refractivity (Wildman–Crippen MR) is 73.6 cm³/mol. The van der Waals surface area contributed by atoms with Crippen LogP contribution in [0.2, 0.25) is 0 Å². The van der Waals surface area contributed by atoms with Gasteiger partial charge in [-0.3, -0.25) is 0 Å². The van der Waals surface area contributed by atoms with Crippen LogP contribution in [0.25, 0.3) is 11.1 Å². The summed E-state index contributed by atoms with van der Waals surface area (Å²) in [5.41, 5.74) is 1.58. The Labute approximate surface area is 118 Å². The molecule has 0 spiro atoms. The van der Waals surface area contributed by atoms with Gasteiger partial charge in [0.1, 0.15) is 11.3 Å². The Balaban J connectivity index is 1.69. The molecule has 1 aromatic carbocycles. The topological polar surface area (TPSA) is 65.5 Å². The molecule has 0 saturated heterocycles. The maximum atomic E-state index is 11.3. The van der Waals surface area contributed by atoms with Gasteiger partial charge < -0.3 is 13.6 Å². The Morgan fingerprint density at radius 1 is 1.25 bits per heavy atom. The number of aromatic nitrogens is 1. The van der Waals surface area contributed by atoms with Crippen molar-refractivity contribution in [3.63, 3.8) is 0 Å². The number of para-hydroxylation sites is 2. The number of carbonyl (C=O) groups is 1. The molecule has 2 aromatic heterocycles. The Bertz CT molecular complexity index is 713. The molecular weight excluding hydrogens is 278 g/mol. The number of nitrogens with zero attached hydrogens (tertiary/aromatic N) is 1. The van der Waals surface area contributed by atoms with Crippen LogP contribution in [0.4, 0.5) is 0 Å². The van der Waals surface area contributed by atoms with Crippen molar-refractivity contribution in [2.24, 2.45) is 0 Å². The van der Waals surface area contributed by atoms with Crippen molar-refractivity contribution in [2.45, 2.75) is 11.0 Å². The summed E-state index contributed by atoms with van der Waals surface area (Å²) in [4.78, 5) is 15.6. The van der Waals surface area contributed by atoms with E-state index in [0.717, 1.165) is 11.1 Å². The van der Waals surface area contributed by atoms with Gasteiger partial charge in [0, 0.05) is 0 Å². The fourth-order valence-corrected chi connectivity index (χ4v) is 2.44. The lowest BCUT2D eigenvalue weighted by Crippen LogP contribution is -1.98. The van der Waals surface area contributed by atoms with E-state index in [1.807, 2.05) is 24.3 Å². The number of thioether (sulfide) groups is 1. The van der Waals surface area contributed by atoms with Crippen molar-refractivity contribution in [1.29, 1.82) is 0 Å². The van der Waals surface area contributed by atoms with E-state index in [4.69, 9.17) is 8.83 Å². The lowest BCUT2D eigenvalue weighted by Gasteiger charge is -1.94. The van der Waals surface area contributed by atoms with Gasteiger partial charge in [-0.2, -0.15) is 0 Å². The standard InChI is InChI=1S/C14H11NO4S/c1-17-13(16)12-7-6-9(18-12)8-20-14-15-10-4-2-3-5-11(10)19-14/h2-7H,8H2,1H3. The molecule has 6 heteroatoms. The molecule has 0 N–H and O–H groups in total. The third kappa shape index (κ3) is 2.55. The number of fused-ring (bicyclic) bond motifs is 1. The van der Waals surface area contributed by atoms with Crippen LogP contribution in [0, 0.1) is 0 Å². The number of hydrogen-bond donors (Lipinski definition) is 0. The molecule has 0 unspecified atom stereocenters. The first kappa shape index (κ1) is 12.8. The largest absolute Gasteiger partial charge is 0.463 e. The molecule has 0 amide bonds. The van der Waals surface area contributed by atoms with Gasteiger partial charge >= 0.3 is 5.97 Å². The third-order valence-corrected chi connectivity index (χ3v) is 3.51. The predicted octanol–water partition coefficient (Wildman–Crippen LogP) is 3.50. The first-order chi connectivity index (χ1) is 9.76. The average Bonchev–Trinajstić information content (AvgIpc) is 3.10. The molecule has 0 bridgehead atoms. The summed E-state index contributed by atoms with van der Waals surface area (Å²) >= 11 is 1.41. The normalized spacial score (nSPS) is 10.8. The fourth-order valence-electron chi connectivity index (χ4n) is 1.71. The summed E-state index contributed by atoms with van der Waals surface area (Å²) in [7, 11) is 1.32. The van der Waals surface area contributed by atoms with Crippen LogP contribution in [0.1, 0.15) is 16.3 Å². The zero-order valence-corrected chi connectivity index (χ0v) is 11.5. The second-order valence-corrected chi connectivity index (χ2v) is 4.92. The maximum absolute atomic E-state index is 11.3. The summed E-state index contributed by atoms with van der Waals surface area (Å²) in [6.07, 6.45) is 0. The van der Waals surface area contributed by atoms with E-state index in [1.165, 1.54) is 18.9 Å². The third-order valence-electron chi connectivity index (χ3n) is 2.66. The van der Waals surface area contributed by atoms with Crippen LogP contribution in [0.3, 0.4) is 0 Å². The summed E-state index contributed by atoms with van der Waals surface area (Å²) in [5, 5.41) is 0.571. The number of rotatable bonds is 4. The van der Waals surface area contributed by atoms with E-state index in [9.17, 15) is 4.79 Å². The number of oxazole rings is 1. The maximum Gasteiger partial charge on any atom is 0.373 e. The quantitative estimate of drug-likeness (QED) is 0.541. The Hall–Kier alpha value is -2.21. The average molecular weight is 289 g/mol. The molecule has 0 aliphatic heterocycles. The van der Waals surface area contributed by atoms with E-state index < -0.39 is 5.97 Å². The molecule has 0 saturated carbocycles. The molecule has 3 rings (SSSR count). The number of methoxy groups -OCH3 is 1. The molecule has 20 heavy (non-hydrogen) atoms. The molecule has 0 fully saturated rings. The molecule has 3 aromatic rings. The van der Waals surface area contributed by atoms with Crippen LogP contribution in [-0.2, 0) is 10.5 Å². The summed E-state index contributed by atoms with van der Waals surface area (Å²) < 4.78 is 15.5. The van der Waals surface area contributed by atoms with Crippen molar-refractivity contribution in [2.75, 3.05) is 7.11 Å². The highest BCUT2D eigenvalue weighted by Crippen LogP contribution is 2.26.